The molecule has 0 fully saturated rings. The van der Waals surface area contributed by atoms with Crippen LogP contribution in [0.1, 0.15) is 4.88 Å². The number of rotatable bonds is 6. The predicted octanol–water partition coefficient (Wildman–Crippen LogP) is 2.94. The maximum absolute atomic E-state index is 11.8. The summed E-state index contributed by atoms with van der Waals surface area (Å²) >= 11 is 1.67. The Balaban J connectivity index is 1.57. The lowest BCUT2D eigenvalue weighted by atomic mass is 10.2. The average Bonchev–Trinajstić information content (AvgIpc) is 3.25. The number of aromatic nitrogens is 2. The summed E-state index contributed by atoms with van der Waals surface area (Å²) in [7, 11) is 1.66. The molecule has 0 saturated carbocycles. The Labute approximate surface area is 138 Å². The lowest BCUT2D eigenvalue weighted by molar-refractivity contribution is -0.122. The molecular formula is C17H17N3O2S. The molecule has 2 heterocycles. The van der Waals surface area contributed by atoms with E-state index >= 15 is 0 Å². The topological polar surface area (TPSA) is 56.1 Å². The number of thiophene rings is 1. The molecule has 0 bridgehead atoms. The molecule has 3 aromatic rings. The number of hydrogen-bond acceptors (Lipinski definition) is 4. The van der Waals surface area contributed by atoms with Crippen molar-refractivity contribution in [2.24, 2.45) is 0 Å². The third kappa shape index (κ3) is 3.98. The largest absolute Gasteiger partial charge is 0.497 e. The fourth-order valence-corrected chi connectivity index (χ4v) is 3.12. The number of carbonyl (C=O) groups is 1. The van der Waals surface area contributed by atoms with Crippen molar-refractivity contribution in [2.45, 2.75) is 13.1 Å². The van der Waals surface area contributed by atoms with E-state index in [0.29, 0.717) is 6.54 Å². The van der Waals surface area contributed by atoms with Crippen LogP contribution in [0.25, 0.3) is 10.4 Å². The molecule has 1 N–H and O–H groups in total. The SMILES string of the molecule is COc1ccc(-c2ccc(CNC(=O)Cn3cccn3)s2)cc1. The lowest BCUT2D eigenvalue weighted by Crippen LogP contribution is -2.26. The molecular weight excluding hydrogens is 310 g/mol. The van der Waals surface area contributed by atoms with Crippen LogP contribution in [0.15, 0.2) is 54.9 Å². The molecule has 0 saturated heterocycles. The van der Waals surface area contributed by atoms with Gasteiger partial charge in [-0.1, -0.05) is 0 Å². The molecule has 0 atom stereocenters. The summed E-state index contributed by atoms with van der Waals surface area (Å²) in [4.78, 5) is 14.1. The van der Waals surface area contributed by atoms with E-state index in [1.807, 2.05) is 30.3 Å². The zero-order valence-corrected chi connectivity index (χ0v) is 13.5. The Hall–Kier alpha value is -2.60. The maximum atomic E-state index is 11.8. The Morgan fingerprint density at radius 1 is 1.26 bits per heavy atom. The Morgan fingerprint density at radius 3 is 2.78 bits per heavy atom. The number of nitrogens with zero attached hydrogens (tertiary/aromatic N) is 2. The second-order valence-corrected chi connectivity index (χ2v) is 6.14. The van der Waals surface area contributed by atoms with Crippen molar-refractivity contribution in [2.75, 3.05) is 7.11 Å². The van der Waals surface area contributed by atoms with Gasteiger partial charge in [0.1, 0.15) is 12.3 Å². The highest BCUT2D eigenvalue weighted by atomic mass is 32.1. The fourth-order valence-electron chi connectivity index (χ4n) is 2.17. The molecule has 0 aliphatic heterocycles. The number of amides is 1. The molecule has 0 unspecified atom stereocenters. The van der Waals surface area contributed by atoms with Crippen molar-refractivity contribution in [3.63, 3.8) is 0 Å². The summed E-state index contributed by atoms with van der Waals surface area (Å²) in [5.74, 6) is 0.796. The van der Waals surface area contributed by atoms with Gasteiger partial charge in [0.2, 0.25) is 5.91 Å². The van der Waals surface area contributed by atoms with Crippen molar-refractivity contribution >= 4 is 17.2 Å². The van der Waals surface area contributed by atoms with Gasteiger partial charge in [-0.3, -0.25) is 9.48 Å². The average molecular weight is 327 g/mol. The molecule has 0 aliphatic rings. The van der Waals surface area contributed by atoms with Gasteiger partial charge in [0, 0.05) is 22.1 Å². The van der Waals surface area contributed by atoms with Crippen LogP contribution in [-0.2, 0) is 17.9 Å². The normalized spacial score (nSPS) is 10.5. The van der Waals surface area contributed by atoms with E-state index < -0.39 is 0 Å². The van der Waals surface area contributed by atoms with Gasteiger partial charge < -0.3 is 10.1 Å². The minimum absolute atomic E-state index is 0.0481. The maximum Gasteiger partial charge on any atom is 0.242 e. The fraction of sp³-hybridized carbons (Fsp3) is 0.176. The van der Waals surface area contributed by atoms with Crippen molar-refractivity contribution in [1.82, 2.24) is 15.1 Å². The summed E-state index contributed by atoms with van der Waals surface area (Å²) in [5.41, 5.74) is 1.14. The highest BCUT2D eigenvalue weighted by Crippen LogP contribution is 2.29. The molecule has 0 aliphatic carbocycles. The number of nitrogens with one attached hydrogen (secondary N) is 1. The van der Waals surface area contributed by atoms with Crippen molar-refractivity contribution in [3.8, 4) is 16.2 Å². The summed E-state index contributed by atoms with van der Waals surface area (Å²) in [5, 5.41) is 6.93. The first-order valence-electron chi connectivity index (χ1n) is 7.22. The van der Waals surface area contributed by atoms with Crippen LogP contribution in [0.5, 0.6) is 5.75 Å². The third-order valence-corrected chi connectivity index (χ3v) is 4.50. The Bertz CT molecular complexity index is 764. The molecule has 0 radical (unpaired) electrons. The standard InChI is InChI=1S/C17H17N3O2S/c1-22-14-5-3-13(4-6-14)16-8-7-15(23-16)11-18-17(21)12-20-10-2-9-19-20/h2-10H,11-12H2,1H3,(H,18,21). The molecule has 6 heteroatoms. The number of benzene rings is 1. The Morgan fingerprint density at radius 2 is 2.09 bits per heavy atom. The zero-order valence-electron chi connectivity index (χ0n) is 12.7. The molecule has 3 rings (SSSR count). The molecule has 5 nitrogen and oxygen atoms in total. The quantitative estimate of drug-likeness (QED) is 0.757. The van der Waals surface area contributed by atoms with Crippen LogP contribution in [0.4, 0.5) is 0 Å². The zero-order chi connectivity index (χ0) is 16.1. The van der Waals surface area contributed by atoms with Gasteiger partial charge >= 0.3 is 0 Å². The van der Waals surface area contributed by atoms with E-state index in [-0.39, 0.29) is 12.5 Å². The van der Waals surface area contributed by atoms with Crippen LogP contribution in [0, 0.1) is 0 Å². The van der Waals surface area contributed by atoms with Crippen LogP contribution >= 0.6 is 11.3 Å². The molecule has 1 aromatic carbocycles. The van der Waals surface area contributed by atoms with Crippen LogP contribution < -0.4 is 10.1 Å². The Kier molecular flexibility index (Phi) is 4.73. The lowest BCUT2D eigenvalue weighted by Gasteiger charge is -2.04. The van der Waals surface area contributed by atoms with Crippen molar-refractivity contribution in [1.29, 1.82) is 0 Å². The van der Waals surface area contributed by atoms with Gasteiger partial charge in [0.25, 0.3) is 0 Å². The highest BCUT2D eigenvalue weighted by molar-refractivity contribution is 7.15. The van der Waals surface area contributed by atoms with Crippen molar-refractivity contribution < 1.29 is 9.53 Å². The minimum Gasteiger partial charge on any atom is -0.497 e. The monoisotopic (exact) mass is 327 g/mol. The second-order valence-electron chi connectivity index (χ2n) is 4.97. The molecule has 118 valence electrons. The molecule has 1 amide bonds. The summed E-state index contributed by atoms with van der Waals surface area (Å²) in [6.07, 6.45) is 3.43. The first kappa shape index (κ1) is 15.3. The molecule has 0 spiro atoms. The van der Waals surface area contributed by atoms with Crippen molar-refractivity contribution in [3.05, 3.63) is 59.7 Å². The van der Waals surface area contributed by atoms with Gasteiger partial charge in [0.05, 0.1) is 13.7 Å². The summed E-state index contributed by atoms with van der Waals surface area (Å²) in [6, 6.07) is 13.9. The van der Waals surface area contributed by atoms with E-state index in [2.05, 4.69) is 16.5 Å². The number of hydrogen-bond donors (Lipinski definition) is 1. The minimum atomic E-state index is -0.0481. The third-order valence-electron chi connectivity index (χ3n) is 3.36. The first-order chi connectivity index (χ1) is 11.2. The first-order valence-corrected chi connectivity index (χ1v) is 8.03. The summed E-state index contributed by atoms with van der Waals surface area (Å²) in [6.45, 7) is 0.768. The van der Waals surface area contributed by atoms with E-state index in [1.54, 1.807) is 41.6 Å². The van der Waals surface area contributed by atoms with Gasteiger partial charge in [-0.15, -0.1) is 11.3 Å². The molecule has 2 aromatic heterocycles. The van der Waals surface area contributed by atoms with Crippen LogP contribution in [0.3, 0.4) is 0 Å². The van der Waals surface area contributed by atoms with E-state index in [9.17, 15) is 4.79 Å². The van der Waals surface area contributed by atoms with E-state index in [1.165, 1.54) is 4.88 Å². The van der Waals surface area contributed by atoms with Crippen LogP contribution in [0.2, 0.25) is 0 Å². The van der Waals surface area contributed by atoms with Gasteiger partial charge in [-0.2, -0.15) is 5.10 Å². The summed E-state index contributed by atoms with van der Waals surface area (Å²) < 4.78 is 6.77. The van der Waals surface area contributed by atoms with E-state index in [0.717, 1.165) is 16.2 Å². The highest BCUT2D eigenvalue weighted by Gasteiger charge is 2.06. The predicted molar refractivity (Wildman–Crippen MR) is 90.4 cm³/mol. The van der Waals surface area contributed by atoms with Gasteiger partial charge in [-0.05, 0) is 48.0 Å². The number of carbonyl (C=O) groups excluding carboxylic acids is 1. The van der Waals surface area contributed by atoms with Gasteiger partial charge in [-0.25, -0.2) is 0 Å². The molecule has 23 heavy (non-hydrogen) atoms. The smallest absolute Gasteiger partial charge is 0.242 e. The number of ether oxygens (including phenoxy) is 1. The number of methoxy groups -OCH3 is 1. The van der Waals surface area contributed by atoms with Gasteiger partial charge in [0.15, 0.2) is 0 Å². The van der Waals surface area contributed by atoms with E-state index in [4.69, 9.17) is 4.74 Å². The second kappa shape index (κ2) is 7.11. The van der Waals surface area contributed by atoms with Crippen LogP contribution in [-0.4, -0.2) is 22.8 Å².